The number of aromatic hydroxyl groups is 1. The van der Waals surface area contributed by atoms with E-state index in [4.69, 9.17) is 40.1 Å². The van der Waals surface area contributed by atoms with Gasteiger partial charge in [0.1, 0.15) is 11.8 Å². The van der Waals surface area contributed by atoms with Crippen LogP contribution >= 0.6 is 0 Å². The van der Waals surface area contributed by atoms with Gasteiger partial charge in [0.05, 0.1) is 37.0 Å². The number of imidazole rings is 1. The predicted molar refractivity (Wildman–Crippen MR) is 332 cm³/mol. The summed E-state index contributed by atoms with van der Waals surface area (Å²) < 4.78 is 0. The number of aliphatic imine (C=N–C) groups is 3. The molecule has 21 N–H and O–H groups in total. The number of phenols is 1. The Kier molecular flexibility index (Phi) is 34.3. The number of aromatic amines is 1. The first-order valence-electron chi connectivity index (χ1n) is 30.2. The third-order valence-corrected chi connectivity index (χ3v) is 15.2. The summed E-state index contributed by atoms with van der Waals surface area (Å²) in [5, 5.41) is 31.3. The second-order valence-electron chi connectivity index (χ2n) is 23.5. The summed E-state index contributed by atoms with van der Waals surface area (Å²) >= 11 is 0. The van der Waals surface area contributed by atoms with Crippen LogP contribution in [0, 0.1) is 47.3 Å². The van der Waals surface area contributed by atoms with Crippen molar-refractivity contribution < 1.29 is 53.4 Å². The summed E-state index contributed by atoms with van der Waals surface area (Å²) in [7, 11) is 0. The van der Waals surface area contributed by atoms with Crippen molar-refractivity contribution in [2.24, 2.45) is 102 Å². The maximum Gasteiger partial charge on any atom is 0.224 e. The van der Waals surface area contributed by atoms with Crippen molar-refractivity contribution in [3.63, 3.8) is 0 Å². The number of H-pyrrole nitrogens is 1. The van der Waals surface area contributed by atoms with Gasteiger partial charge in [-0.2, -0.15) is 0 Å². The van der Waals surface area contributed by atoms with Crippen LogP contribution in [-0.4, -0.2) is 141 Å². The van der Waals surface area contributed by atoms with Crippen LogP contribution in [0.3, 0.4) is 0 Å². The van der Waals surface area contributed by atoms with Gasteiger partial charge in [0.15, 0.2) is 41.0 Å². The zero-order valence-corrected chi connectivity index (χ0v) is 51.9. The first kappa shape index (κ1) is 75.1. The molecule has 0 fully saturated rings. The summed E-state index contributed by atoms with van der Waals surface area (Å²) in [5.74, 6) is -11.0. The van der Waals surface area contributed by atoms with Gasteiger partial charge in [0.25, 0.3) is 0 Å². The van der Waals surface area contributed by atoms with Gasteiger partial charge in [-0.15, -0.1) is 0 Å². The van der Waals surface area contributed by atoms with E-state index in [0.717, 1.165) is 5.56 Å². The predicted octanol–water partition coefficient (Wildman–Crippen LogP) is 0.944. The molecule has 10 atom stereocenters. The number of nitrogens with zero attached hydrogens (tertiary/aromatic N) is 4. The Morgan fingerprint density at radius 3 is 1.43 bits per heavy atom. The van der Waals surface area contributed by atoms with E-state index in [1.165, 1.54) is 24.7 Å². The minimum Gasteiger partial charge on any atom is -0.508 e. The Hall–Kier alpha value is -7.97. The van der Waals surface area contributed by atoms with E-state index in [0.29, 0.717) is 25.0 Å². The fourth-order valence-corrected chi connectivity index (χ4v) is 10.1. The minimum atomic E-state index is -1.38. The van der Waals surface area contributed by atoms with Gasteiger partial charge in [-0.05, 0) is 99.7 Å². The number of benzene rings is 1. The molecule has 0 spiro atoms. The first-order valence-corrected chi connectivity index (χ1v) is 30.2. The number of primary amides is 1. The molecule has 2 rings (SSSR count). The van der Waals surface area contributed by atoms with Gasteiger partial charge in [-0.3, -0.25) is 58.1 Å². The number of amides is 5. The zero-order chi connectivity index (χ0) is 65.3. The highest BCUT2D eigenvalue weighted by Crippen LogP contribution is 2.25. The fraction of sp³-hybridized carbons (Fsp3) is 0.650. The second kappa shape index (κ2) is 39.7. The lowest BCUT2D eigenvalue weighted by molar-refractivity contribution is -0.136. The minimum absolute atomic E-state index is 0.0165. The normalized spacial score (nSPS) is 14.7. The molecule has 0 saturated carbocycles. The number of carbonyl (C=O) groups excluding carboxylic acids is 9. The number of nitrogens with two attached hydrogens (primary N) is 7. The van der Waals surface area contributed by atoms with Gasteiger partial charge in [0.2, 0.25) is 29.5 Å². The number of aliphatic hydroxyl groups excluding tert-OH is 1. The van der Waals surface area contributed by atoms with E-state index in [-0.39, 0.29) is 132 Å². The van der Waals surface area contributed by atoms with Crippen LogP contribution in [0.4, 0.5) is 0 Å². The molecule has 0 radical (unpaired) electrons. The summed E-state index contributed by atoms with van der Waals surface area (Å²) in [5.41, 5.74) is 40.5. The summed E-state index contributed by atoms with van der Waals surface area (Å²) in [4.78, 5) is 146. The van der Waals surface area contributed by atoms with E-state index < -0.39 is 126 Å². The smallest absolute Gasteiger partial charge is 0.224 e. The van der Waals surface area contributed by atoms with Gasteiger partial charge in [-0.25, -0.2) is 4.98 Å². The number of Topliss-reactive ketones (excluding diaryl/α,β-unsaturated/α-hetero) is 4. The fourth-order valence-electron chi connectivity index (χ4n) is 10.1. The Morgan fingerprint density at radius 1 is 0.529 bits per heavy atom. The van der Waals surface area contributed by atoms with Crippen molar-refractivity contribution in [2.45, 2.75) is 175 Å². The number of carbonyl (C=O) groups is 9. The average molecular weight is 1220 g/mol. The average Bonchev–Trinajstić information content (AvgIpc) is 3.38. The number of guanidine groups is 3. The molecule has 0 aliphatic heterocycles. The van der Waals surface area contributed by atoms with Crippen LogP contribution < -0.4 is 61.4 Å². The largest absolute Gasteiger partial charge is 0.508 e. The van der Waals surface area contributed by atoms with Gasteiger partial charge < -0.3 is 76.6 Å². The molecule has 87 heavy (non-hydrogen) atoms. The molecule has 27 nitrogen and oxygen atoms in total. The van der Waals surface area contributed by atoms with Gasteiger partial charge >= 0.3 is 0 Å². The lowest BCUT2D eigenvalue weighted by Crippen LogP contribution is -2.50. The molecule has 1 heterocycles. The molecule has 2 aromatic rings. The standard InChI is InChI=1S/C60H100N16O11/c1-8-36(7)44(53(61)83)30-52(82)48(32-77)76-56(86)40(23-34(3)4)28-51(81)47(24-35(5)6)75-55(85)39(13-10-20-69-58(62)63)27-49(79)45(14-11-21-70-59(64)65)74-57(87)41(26-42-31-68-33-72-42)29-50(80)46(15-12-22-71-60(66)67)73-54(84)38(9-2)25-37-16-18-43(78)19-17-37/h16-19,31,33-36,38-41,44-48,77-78H,8-15,20-30,32H2,1-7H3,(H2,61,83)(H,68,72)(H,73,84)(H,74,87)(H,75,85)(H,76,86)(H4,62,63,69)(H4,64,65,70)(H4,66,67,71)/t36-,38-,39+,40+,41+,44-,45-,46+,47-,48-/m0/s1. The maximum atomic E-state index is 14.8. The number of rotatable bonds is 45. The molecule has 0 saturated heterocycles. The van der Waals surface area contributed by atoms with E-state index in [9.17, 15) is 53.4 Å². The Bertz CT molecular complexity index is 2600. The number of hydrogen-bond donors (Lipinski definition) is 14. The lowest BCUT2D eigenvalue weighted by atomic mass is 9.85. The second-order valence-corrected chi connectivity index (χ2v) is 23.5. The highest BCUT2D eigenvalue weighted by Gasteiger charge is 2.37. The van der Waals surface area contributed by atoms with Crippen LogP contribution in [0.5, 0.6) is 5.75 Å². The molecule has 27 heteroatoms. The highest BCUT2D eigenvalue weighted by molar-refractivity contribution is 5.98. The Balaban J connectivity index is 2.57. The highest BCUT2D eigenvalue weighted by atomic mass is 16.3. The van der Waals surface area contributed by atoms with Crippen molar-refractivity contribution in [2.75, 3.05) is 26.2 Å². The third kappa shape index (κ3) is 29.3. The van der Waals surface area contributed by atoms with Crippen molar-refractivity contribution in [3.05, 3.63) is 48.0 Å². The monoisotopic (exact) mass is 1220 g/mol. The number of ketones is 4. The maximum absolute atomic E-state index is 14.8. The third-order valence-electron chi connectivity index (χ3n) is 15.2. The van der Waals surface area contributed by atoms with Crippen molar-refractivity contribution in [1.82, 2.24) is 31.2 Å². The van der Waals surface area contributed by atoms with Crippen LogP contribution in [0.15, 0.2) is 51.8 Å². The molecule has 0 unspecified atom stereocenters. The quantitative estimate of drug-likeness (QED) is 0.0249. The molecular formula is C60H100N16O11. The van der Waals surface area contributed by atoms with E-state index in [1.807, 2.05) is 41.5 Å². The molecule has 1 aromatic heterocycles. The topological polar surface area (TPSA) is 490 Å². The van der Waals surface area contributed by atoms with E-state index in [1.54, 1.807) is 19.1 Å². The number of hydrogen-bond acceptors (Lipinski definition) is 15. The molecule has 0 aliphatic carbocycles. The van der Waals surface area contributed by atoms with Crippen molar-refractivity contribution >= 4 is 70.5 Å². The number of aromatic nitrogens is 2. The summed E-state index contributed by atoms with van der Waals surface area (Å²) in [6.45, 7) is 12.4. The molecule has 0 bridgehead atoms. The van der Waals surface area contributed by atoms with Crippen molar-refractivity contribution in [3.8, 4) is 5.75 Å². The number of aliphatic hydroxyl groups is 1. The SMILES string of the molecule is CC[C@@H](Cc1ccc(O)cc1)C(=O)N[C@H](CCCN=C(N)N)C(=O)C[C@@H](Cc1cnc[nH]1)C(=O)N[C@@H](CCCN=C(N)N)C(=O)C[C@@H](CCCN=C(N)N)C(=O)N[C@@H](CC(C)C)C(=O)C[C@@H](CC(C)C)C(=O)N[C@@H](CO)C(=O)C[C@H](C(N)=O)[C@@H](C)CC. The molecule has 486 valence electrons. The van der Waals surface area contributed by atoms with E-state index in [2.05, 4.69) is 46.2 Å². The summed E-state index contributed by atoms with van der Waals surface area (Å²) in [6.07, 6.45) is 3.74. The lowest BCUT2D eigenvalue weighted by Gasteiger charge is -2.27. The molecular weight excluding hydrogens is 1120 g/mol. The molecule has 5 amide bonds. The number of nitrogens with one attached hydrogen (secondary N) is 5. The Morgan fingerprint density at radius 2 is 0.966 bits per heavy atom. The zero-order valence-electron chi connectivity index (χ0n) is 51.9. The van der Waals surface area contributed by atoms with Crippen LogP contribution in [-0.2, 0) is 56.0 Å². The first-order chi connectivity index (χ1) is 41.1. The van der Waals surface area contributed by atoms with Crippen LogP contribution in [0.1, 0.15) is 150 Å². The molecule has 0 aliphatic rings. The van der Waals surface area contributed by atoms with Crippen LogP contribution in [0.25, 0.3) is 0 Å². The van der Waals surface area contributed by atoms with E-state index >= 15 is 0 Å². The van der Waals surface area contributed by atoms with Crippen molar-refractivity contribution in [1.29, 1.82) is 0 Å². The van der Waals surface area contributed by atoms with Gasteiger partial charge in [-0.1, -0.05) is 67.0 Å². The van der Waals surface area contributed by atoms with Gasteiger partial charge in [0, 0.05) is 87.3 Å². The Labute approximate surface area is 511 Å². The van der Waals surface area contributed by atoms with Crippen LogP contribution in [0.2, 0.25) is 0 Å². The summed E-state index contributed by atoms with van der Waals surface area (Å²) in [6, 6.07) is 1.56. The molecule has 1 aromatic carbocycles. The number of phenolic OH excluding ortho intramolecular Hbond substituents is 1.